The molecular formula is C25H30N2O4. The van der Waals surface area contributed by atoms with Crippen LogP contribution >= 0.6 is 0 Å². The van der Waals surface area contributed by atoms with Gasteiger partial charge in [0.1, 0.15) is 0 Å². The van der Waals surface area contributed by atoms with E-state index in [-0.39, 0.29) is 23.9 Å². The van der Waals surface area contributed by atoms with Crippen molar-refractivity contribution < 1.29 is 14.8 Å². The van der Waals surface area contributed by atoms with Gasteiger partial charge in [-0.25, -0.2) is 0 Å². The van der Waals surface area contributed by atoms with Gasteiger partial charge in [0.15, 0.2) is 0 Å². The Morgan fingerprint density at radius 1 is 1.06 bits per heavy atom. The Balaban J connectivity index is 1.49. The van der Waals surface area contributed by atoms with Crippen molar-refractivity contribution in [2.24, 2.45) is 0 Å². The molecule has 0 fully saturated rings. The van der Waals surface area contributed by atoms with Gasteiger partial charge in [0.25, 0.3) is 5.69 Å². The maximum atomic E-state index is 10.9. The van der Waals surface area contributed by atoms with Crippen LogP contribution in [0.25, 0.3) is 10.8 Å². The molecule has 0 spiro atoms. The summed E-state index contributed by atoms with van der Waals surface area (Å²) >= 11 is 0. The maximum absolute atomic E-state index is 10.9. The van der Waals surface area contributed by atoms with E-state index in [0.29, 0.717) is 12.1 Å². The van der Waals surface area contributed by atoms with Crippen molar-refractivity contribution in [2.75, 3.05) is 13.2 Å². The normalized spacial score (nSPS) is 13.8. The van der Waals surface area contributed by atoms with Gasteiger partial charge in [0.2, 0.25) is 0 Å². The molecule has 2 N–H and O–H groups in total. The Morgan fingerprint density at radius 2 is 1.81 bits per heavy atom. The molecule has 0 saturated carbocycles. The third-order valence-electron chi connectivity index (χ3n) is 5.37. The molecule has 6 heteroatoms. The molecule has 0 aliphatic carbocycles. The molecule has 0 heterocycles. The van der Waals surface area contributed by atoms with Gasteiger partial charge in [-0.15, -0.1) is 0 Å². The summed E-state index contributed by atoms with van der Waals surface area (Å²) in [6, 6.07) is 21.2. The summed E-state index contributed by atoms with van der Waals surface area (Å²) in [6.07, 6.45) is -0.202. The molecule has 3 aromatic carbocycles. The fourth-order valence-corrected chi connectivity index (χ4v) is 3.62. The summed E-state index contributed by atoms with van der Waals surface area (Å²) in [4.78, 5) is 10.5. The van der Waals surface area contributed by atoms with Crippen LogP contribution in [0, 0.1) is 10.1 Å². The van der Waals surface area contributed by atoms with Crippen molar-refractivity contribution in [3.63, 3.8) is 0 Å². The number of benzene rings is 3. The summed E-state index contributed by atoms with van der Waals surface area (Å²) in [5, 5.41) is 27.2. The first kappa shape index (κ1) is 22.9. The monoisotopic (exact) mass is 422 g/mol. The van der Waals surface area contributed by atoms with E-state index in [1.54, 1.807) is 12.1 Å². The van der Waals surface area contributed by atoms with Crippen LogP contribution in [-0.4, -0.2) is 34.8 Å². The highest BCUT2D eigenvalue weighted by atomic mass is 16.6. The standard InChI is InChI=1S/C25H30N2O4/c1-18(21-9-6-10-23(14-21)27(29)30)31-17-24(28)16-26-25(2,3)15-19-11-12-20-7-4-5-8-22(20)13-19/h4-14,18,24,26,28H,15-17H2,1-3H3/t18?,24-/m1/s1. The van der Waals surface area contributed by atoms with E-state index in [1.807, 2.05) is 19.1 Å². The minimum absolute atomic E-state index is 0.0330. The fourth-order valence-electron chi connectivity index (χ4n) is 3.62. The molecular weight excluding hydrogens is 392 g/mol. The topological polar surface area (TPSA) is 84.6 Å². The number of fused-ring (bicyclic) bond motifs is 1. The Kier molecular flexibility index (Phi) is 7.38. The molecule has 0 saturated heterocycles. The van der Waals surface area contributed by atoms with Gasteiger partial charge in [-0.1, -0.05) is 54.6 Å². The largest absolute Gasteiger partial charge is 0.389 e. The average molecular weight is 423 g/mol. The van der Waals surface area contributed by atoms with Crippen LogP contribution in [0.4, 0.5) is 5.69 Å². The van der Waals surface area contributed by atoms with E-state index < -0.39 is 11.0 Å². The zero-order chi connectivity index (χ0) is 22.4. The molecule has 0 aliphatic rings. The number of β-amino-alcohol motifs (C(OH)–C–C–N with tert-alkyl or cyclic N) is 1. The lowest BCUT2D eigenvalue weighted by atomic mass is 9.93. The highest BCUT2D eigenvalue weighted by Gasteiger charge is 2.20. The number of ether oxygens (including phenoxy) is 1. The van der Waals surface area contributed by atoms with E-state index >= 15 is 0 Å². The molecule has 3 aromatic rings. The second kappa shape index (κ2) is 10.0. The lowest BCUT2D eigenvalue weighted by Crippen LogP contribution is -2.46. The van der Waals surface area contributed by atoms with Crippen LogP contribution in [0.1, 0.15) is 38.0 Å². The van der Waals surface area contributed by atoms with E-state index in [4.69, 9.17) is 4.74 Å². The predicted molar refractivity (Wildman–Crippen MR) is 123 cm³/mol. The highest BCUT2D eigenvalue weighted by molar-refractivity contribution is 5.83. The average Bonchev–Trinajstić information content (AvgIpc) is 2.75. The van der Waals surface area contributed by atoms with E-state index in [2.05, 4.69) is 49.5 Å². The second-order valence-corrected chi connectivity index (χ2v) is 8.60. The van der Waals surface area contributed by atoms with Crippen molar-refractivity contribution >= 4 is 16.5 Å². The number of aliphatic hydroxyl groups is 1. The molecule has 0 aliphatic heterocycles. The Morgan fingerprint density at radius 3 is 2.55 bits per heavy atom. The van der Waals surface area contributed by atoms with Crippen molar-refractivity contribution in [1.82, 2.24) is 5.32 Å². The summed E-state index contributed by atoms with van der Waals surface area (Å²) in [7, 11) is 0. The summed E-state index contributed by atoms with van der Waals surface area (Å²) in [6.45, 7) is 6.58. The minimum Gasteiger partial charge on any atom is -0.389 e. The molecule has 6 nitrogen and oxygen atoms in total. The first-order chi connectivity index (χ1) is 14.7. The summed E-state index contributed by atoms with van der Waals surface area (Å²) in [5.41, 5.74) is 1.78. The molecule has 0 aromatic heterocycles. The predicted octanol–water partition coefficient (Wildman–Crippen LogP) is 4.80. The minimum atomic E-state index is -0.683. The molecule has 0 amide bonds. The summed E-state index contributed by atoms with van der Waals surface area (Å²) in [5.74, 6) is 0. The number of hydrogen-bond donors (Lipinski definition) is 2. The van der Waals surface area contributed by atoms with E-state index in [9.17, 15) is 15.2 Å². The number of nitrogens with zero attached hydrogens (tertiary/aromatic N) is 1. The third-order valence-corrected chi connectivity index (χ3v) is 5.37. The molecule has 0 radical (unpaired) electrons. The lowest BCUT2D eigenvalue weighted by molar-refractivity contribution is -0.385. The molecule has 1 unspecified atom stereocenters. The van der Waals surface area contributed by atoms with Crippen LogP contribution < -0.4 is 5.32 Å². The van der Waals surface area contributed by atoms with Gasteiger partial charge >= 0.3 is 0 Å². The van der Waals surface area contributed by atoms with E-state index in [1.165, 1.54) is 28.5 Å². The van der Waals surface area contributed by atoms with Crippen molar-refractivity contribution in [3.05, 3.63) is 88.0 Å². The Bertz CT molecular complexity index is 1030. The van der Waals surface area contributed by atoms with Crippen LogP contribution in [0.2, 0.25) is 0 Å². The van der Waals surface area contributed by atoms with Gasteiger partial charge in [-0.05, 0) is 49.1 Å². The van der Waals surface area contributed by atoms with Crippen molar-refractivity contribution in [2.45, 2.75) is 44.9 Å². The zero-order valence-electron chi connectivity index (χ0n) is 18.2. The quantitative estimate of drug-likeness (QED) is 0.362. The molecule has 31 heavy (non-hydrogen) atoms. The van der Waals surface area contributed by atoms with Crippen LogP contribution in [0.3, 0.4) is 0 Å². The van der Waals surface area contributed by atoms with Crippen molar-refractivity contribution in [1.29, 1.82) is 0 Å². The van der Waals surface area contributed by atoms with Crippen LogP contribution in [0.15, 0.2) is 66.7 Å². The number of aliphatic hydroxyl groups excluding tert-OH is 1. The SMILES string of the molecule is CC(OC[C@H](O)CNC(C)(C)Cc1ccc2ccccc2c1)c1cccc([N+](=O)[O-])c1. The molecule has 2 atom stereocenters. The van der Waals surface area contributed by atoms with Gasteiger partial charge in [-0.3, -0.25) is 10.1 Å². The third kappa shape index (κ3) is 6.59. The molecule has 3 rings (SSSR count). The lowest BCUT2D eigenvalue weighted by Gasteiger charge is -2.28. The highest BCUT2D eigenvalue weighted by Crippen LogP contribution is 2.22. The molecule has 164 valence electrons. The first-order valence-corrected chi connectivity index (χ1v) is 10.5. The van der Waals surface area contributed by atoms with Gasteiger partial charge in [0.05, 0.1) is 23.7 Å². The number of rotatable bonds is 10. The van der Waals surface area contributed by atoms with Crippen molar-refractivity contribution in [3.8, 4) is 0 Å². The zero-order valence-corrected chi connectivity index (χ0v) is 18.2. The number of nitrogens with one attached hydrogen (secondary N) is 1. The number of hydrogen-bond acceptors (Lipinski definition) is 5. The molecule has 0 bridgehead atoms. The second-order valence-electron chi connectivity index (χ2n) is 8.60. The number of nitro groups is 1. The number of nitro benzene ring substituents is 1. The summed E-state index contributed by atoms with van der Waals surface area (Å²) < 4.78 is 5.74. The fraction of sp³-hybridized carbons (Fsp3) is 0.360. The first-order valence-electron chi connectivity index (χ1n) is 10.5. The van der Waals surface area contributed by atoms with Gasteiger partial charge in [0, 0.05) is 24.2 Å². The van der Waals surface area contributed by atoms with Gasteiger partial charge in [-0.2, -0.15) is 0 Å². The van der Waals surface area contributed by atoms with Crippen LogP contribution in [0.5, 0.6) is 0 Å². The Labute approximate surface area is 183 Å². The van der Waals surface area contributed by atoms with Gasteiger partial charge < -0.3 is 15.2 Å². The smallest absolute Gasteiger partial charge is 0.269 e. The van der Waals surface area contributed by atoms with E-state index in [0.717, 1.165) is 6.42 Å². The maximum Gasteiger partial charge on any atom is 0.269 e. The number of non-ortho nitro benzene ring substituents is 1. The van der Waals surface area contributed by atoms with Crippen LogP contribution in [-0.2, 0) is 11.2 Å². The Hall–Kier alpha value is -2.80.